The van der Waals surface area contributed by atoms with Gasteiger partial charge in [-0.1, -0.05) is 13.8 Å². The molecular formula is C14H16I3NO3. The third-order valence-electron chi connectivity index (χ3n) is 3.63. The van der Waals surface area contributed by atoms with Gasteiger partial charge < -0.3 is 10.4 Å². The van der Waals surface area contributed by atoms with Crippen LogP contribution < -0.4 is 5.32 Å². The third-order valence-corrected chi connectivity index (χ3v) is 7.30. The van der Waals surface area contributed by atoms with Crippen LogP contribution in [0.15, 0.2) is 12.1 Å². The molecule has 0 aliphatic heterocycles. The average Bonchev–Trinajstić information content (AvgIpc) is 2.43. The van der Waals surface area contributed by atoms with Crippen LogP contribution in [-0.2, 0) is 4.79 Å². The van der Waals surface area contributed by atoms with Gasteiger partial charge in [-0.05, 0) is 92.7 Å². The van der Waals surface area contributed by atoms with Crippen LogP contribution in [0.5, 0.6) is 0 Å². The van der Waals surface area contributed by atoms with E-state index in [9.17, 15) is 14.7 Å². The maximum absolute atomic E-state index is 12.4. The Labute approximate surface area is 165 Å². The molecule has 116 valence electrons. The zero-order valence-electron chi connectivity index (χ0n) is 11.7. The van der Waals surface area contributed by atoms with Crippen LogP contribution in [0, 0.1) is 16.1 Å². The molecule has 0 radical (unpaired) electrons. The summed E-state index contributed by atoms with van der Waals surface area (Å²) in [6, 6.07) is 3.82. The summed E-state index contributed by atoms with van der Waals surface area (Å²) < 4.78 is 2.89. The van der Waals surface area contributed by atoms with Crippen molar-refractivity contribution in [2.75, 3.05) is 6.54 Å². The molecule has 0 saturated heterocycles. The van der Waals surface area contributed by atoms with E-state index in [1.165, 1.54) is 0 Å². The van der Waals surface area contributed by atoms with Gasteiger partial charge in [0.25, 0.3) is 5.91 Å². The van der Waals surface area contributed by atoms with E-state index in [0.717, 1.165) is 10.7 Å². The van der Waals surface area contributed by atoms with Gasteiger partial charge in [0.1, 0.15) is 0 Å². The fraction of sp³-hybridized carbons (Fsp3) is 0.429. The Hall–Kier alpha value is 0.350. The number of hydrogen-bond acceptors (Lipinski definition) is 2. The van der Waals surface area contributed by atoms with Crippen molar-refractivity contribution in [2.45, 2.75) is 26.7 Å². The topological polar surface area (TPSA) is 66.4 Å². The Morgan fingerprint density at radius 2 is 1.76 bits per heavy atom. The van der Waals surface area contributed by atoms with E-state index in [1.807, 2.05) is 26.0 Å². The third kappa shape index (κ3) is 4.66. The second kappa shape index (κ2) is 8.27. The fourth-order valence-corrected chi connectivity index (χ4v) is 4.35. The summed E-state index contributed by atoms with van der Waals surface area (Å²) in [5, 5.41) is 12.2. The predicted molar refractivity (Wildman–Crippen MR) is 108 cm³/mol. The number of rotatable bonds is 6. The van der Waals surface area contributed by atoms with Crippen molar-refractivity contribution in [1.82, 2.24) is 5.32 Å². The first-order valence-corrected chi connectivity index (χ1v) is 9.67. The van der Waals surface area contributed by atoms with Crippen LogP contribution in [0.1, 0.15) is 37.0 Å². The molecule has 1 rings (SSSR count). The first-order valence-electron chi connectivity index (χ1n) is 6.43. The second-order valence-electron chi connectivity index (χ2n) is 4.72. The van der Waals surface area contributed by atoms with Gasteiger partial charge in [0.15, 0.2) is 0 Å². The summed E-state index contributed by atoms with van der Waals surface area (Å²) in [6.07, 6.45) is 0.972. The molecule has 2 N–H and O–H groups in total. The van der Waals surface area contributed by atoms with Crippen molar-refractivity contribution in [3.8, 4) is 0 Å². The van der Waals surface area contributed by atoms with Gasteiger partial charge in [-0.25, -0.2) is 0 Å². The molecule has 1 aromatic rings. The van der Waals surface area contributed by atoms with Crippen LogP contribution in [0.4, 0.5) is 0 Å². The number of carbonyl (C=O) groups excluding carboxylic acids is 1. The summed E-state index contributed by atoms with van der Waals surface area (Å²) in [5.74, 6) is -1.08. The van der Waals surface area contributed by atoms with Crippen LogP contribution in [-0.4, -0.2) is 23.5 Å². The molecular weight excluding hydrogens is 611 g/mol. The van der Waals surface area contributed by atoms with E-state index in [4.69, 9.17) is 0 Å². The highest BCUT2D eigenvalue weighted by atomic mass is 127. The zero-order chi connectivity index (χ0) is 16.2. The number of halogens is 3. The van der Waals surface area contributed by atoms with E-state index in [1.54, 1.807) is 0 Å². The largest absolute Gasteiger partial charge is 0.481 e. The number of carbonyl (C=O) groups is 2. The normalized spacial score (nSPS) is 11.3. The highest BCUT2D eigenvalue weighted by Crippen LogP contribution is 2.27. The van der Waals surface area contributed by atoms with Gasteiger partial charge in [-0.3, -0.25) is 9.59 Å². The summed E-state index contributed by atoms with van der Waals surface area (Å²) in [4.78, 5) is 23.8. The maximum Gasteiger partial charge on any atom is 0.311 e. The van der Waals surface area contributed by atoms with E-state index in [2.05, 4.69) is 73.1 Å². The van der Waals surface area contributed by atoms with Gasteiger partial charge in [-0.2, -0.15) is 0 Å². The molecule has 4 nitrogen and oxygen atoms in total. The van der Waals surface area contributed by atoms with E-state index in [-0.39, 0.29) is 12.5 Å². The Bertz CT molecular complexity index is 557. The van der Waals surface area contributed by atoms with Gasteiger partial charge in [0.2, 0.25) is 0 Å². The van der Waals surface area contributed by atoms with Crippen molar-refractivity contribution >= 4 is 79.6 Å². The number of benzene rings is 1. The molecule has 7 heteroatoms. The lowest BCUT2D eigenvalue weighted by molar-refractivity contribution is -0.149. The molecule has 1 aromatic carbocycles. The molecule has 0 spiro atoms. The lowest BCUT2D eigenvalue weighted by Crippen LogP contribution is -2.42. The Balaban J connectivity index is 2.95. The molecule has 21 heavy (non-hydrogen) atoms. The monoisotopic (exact) mass is 627 g/mol. The van der Waals surface area contributed by atoms with Gasteiger partial charge in [0, 0.05) is 17.3 Å². The van der Waals surface area contributed by atoms with Crippen molar-refractivity contribution < 1.29 is 14.7 Å². The number of hydrogen-bond donors (Lipinski definition) is 2. The first-order chi connectivity index (χ1) is 9.77. The molecule has 0 heterocycles. The summed E-state index contributed by atoms with van der Waals surface area (Å²) in [5.41, 5.74) is -0.297. The molecule has 0 atom stereocenters. The lowest BCUT2D eigenvalue weighted by atomic mass is 9.82. The lowest BCUT2D eigenvalue weighted by Gasteiger charge is -2.27. The number of aliphatic carboxylic acids is 1. The average molecular weight is 627 g/mol. The SMILES string of the molecule is CCC(CC)(CNC(=O)c1cc(I)cc(I)c1I)C(=O)O. The number of amides is 1. The minimum atomic E-state index is -0.893. The van der Waals surface area contributed by atoms with E-state index >= 15 is 0 Å². The quantitative estimate of drug-likeness (QED) is 0.369. The van der Waals surface area contributed by atoms with Crippen LogP contribution in [0.3, 0.4) is 0 Å². The van der Waals surface area contributed by atoms with Crippen molar-refractivity contribution in [1.29, 1.82) is 0 Å². The molecule has 0 fully saturated rings. The zero-order valence-corrected chi connectivity index (χ0v) is 18.1. The van der Waals surface area contributed by atoms with Crippen LogP contribution >= 0.6 is 67.8 Å². The Morgan fingerprint density at radius 3 is 2.24 bits per heavy atom. The van der Waals surface area contributed by atoms with E-state index in [0.29, 0.717) is 18.4 Å². The molecule has 0 aliphatic carbocycles. The first kappa shape index (κ1) is 19.4. The second-order valence-corrected chi connectivity index (χ2v) is 8.21. The maximum atomic E-state index is 12.4. The molecule has 0 bridgehead atoms. The number of carboxylic acid groups (broad SMARTS) is 1. The highest BCUT2D eigenvalue weighted by molar-refractivity contribution is 14.1. The van der Waals surface area contributed by atoms with Gasteiger partial charge in [-0.15, -0.1) is 0 Å². The van der Waals surface area contributed by atoms with Gasteiger partial charge in [0.05, 0.1) is 11.0 Å². The summed E-state index contributed by atoms with van der Waals surface area (Å²) >= 11 is 6.50. The molecule has 0 aromatic heterocycles. The van der Waals surface area contributed by atoms with Crippen LogP contribution in [0.2, 0.25) is 0 Å². The van der Waals surface area contributed by atoms with Crippen molar-refractivity contribution in [3.63, 3.8) is 0 Å². The standard InChI is InChI=1S/C14H16I3NO3/c1-3-14(4-2,13(20)21)7-18-12(19)9-5-8(15)6-10(16)11(9)17/h5-6H,3-4,7H2,1-2H3,(H,18,19)(H,20,21). The van der Waals surface area contributed by atoms with Crippen molar-refractivity contribution in [3.05, 3.63) is 28.4 Å². The highest BCUT2D eigenvalue weighted by Gasteiger charge is 2.35. The Kier molecular flexibility index (Phi) is 7.64. The summed E-state index contributed by atoms with van der Waals surface area (Å²) in [7, 11) is 0. The minimum Gasteiger partial charge on any atom is -0.481 e. The number of carboxylic acids is 1. The molecule has 0 saturated carbocycles. The molecule has 0 unspecified atom stereocenters. The molecule has 0 aliphatic rings. The van der Waals surface area contributed by atoms with E-state index < -0.39 is 11.4 Å². The van der Waals surface area contributed by atoms with Crippen molar-refractivity contribution in [2.24, 2.45) is 5.41 Å². The summed E-state index contributed by atoms with van der Waals surface area (Å²) in [6.45, 7) is 3.82. The smallest absolute Gasteiger partial charge is 0.311 e. The predicted octanol–water partition coefficient (Wildman–Crippen LogP) is 4.12. The number of nitrogens with one attached hydrogen (secondary N) is 1. The van der Waals surface area contributed by atoms with Crippen LogP contribution in [0.25, 0.3) is 0 Å². The fourth-order valence-electron chi connectivity index (χ4n) is 1.94. The minimum absolute atomic E-state index is 0.145. The van der Waals surface area contributed by atoms with Gasteiger partial charge >= 0.3 is 5.97 Å². The molecule has 1 amide bonds. The Morgan fingerprint density at radius 1 is 1.19 bits per heavy atom.